The predicted molar refractivity (Wildman–Crippen MR) is 83.0 cm³/mol. The molecule has 114 valence electrons. The highest BCUT2D eigenvalue weighted by molar-refractivity contribution is 5.07. The highest BCUT2D eigenvalue weighted by Gasteiger charge is 2.26. The lowest BCUT2D eigenvalue weighted by atomic mass is 10.2. The molecule has 5 nitrogen and oxygen atoms in total. The summed E-state index contributed by atoms with van der Waals surface area (Å²) < 4.78 is 4.39. The molecule has 2 aromatic heterocycles. The second-order valence-corrected chi connectivity index (χ2v) is 6.01. The van der Waals surface area contributed by atoms with Crippen LogP contribution in [0.5, 0.6) is 0 Å². The molecule has 0 radical (unpaired) electrons. The summed E-state index contributed by atoms with van der Waals surface area (Å²) in [5.74, 6) is 1.18. The van der Waals surface area contributed by atoms with E-state index in [9.17, 15) is 0 Å². The van der Waals surface area contributed by atoms with Crippen molar-refractivity contribution in [2.24, 2.45) is 0 Å². The molecule has 5 heteroatoms. The molecule has 0 amide bonds. The standard InChI is InChI=1S/C16H25N5/c1-4-19-9-7-17-16(19)12-20-8-5-6-15(20)11-21-14(3)10-13(2)18-21/h7,9-10,15H,4-6,8,11-12H2,1-3H3. The molecule has 1 aliphatic rings. The van der Waals surface area contributed by atoms with E-state index in [4.69, 9.17) is 0 Å². The molecule has 0 N–H and O–H groups in total. The fourth-order valence-electron chi connectivity index (χ4n) is 3.33. The van der Waals surface area contributed by atoms with Crippen LogP contribution in [0.25, 0.3) is 0 Å². The van der Waals surface area contributed by atoms with E-state index in [1.165, 1.54) is 30.9 Å². The molecule has 1 atom stereocenters. The van der Waals surface area contributed by atoms with Crippen molar-refractivity contribution in [3.05, 3.63) is 35.7 Å². The van der Waals surface area contributed by atoms with Gasteiger partial charge in [0, 0.05) is 30.7 Å². The van der Waals surface area contributed by atoms with Crippen molar-refractivity contribution >= 4 is 0 Å². The minimum absolute atomic E-state index is 0.574. The number of hydrogen-bond acceptors (Lipinski definition) is 3. The van der Waals surface area contributed by atoms with Gasteiger partial charge in [0.1, 0.15) is 5.82 Å². The average Bonchev–Trinajstić information content (AvgIpc) is 3.14. The monoisotopic (exact) mass is 287 g/mol. The molecule has 0 bridgehead atoms. The quantitative estimate of drug-likeness (QED) is 0.847. The van der Waals surface area contributed by atoms with Gasteiger partial charge in [0.05, 0.1) is 18.8 Å². The van der Waals surface area contributed by atoms with Crippen LogP contribution in [0.3, 0.4) is 0 Å². The molecule has 1 fully saturated rings. The molecule has 0 aliphatic carbocycles. The second kappa shape index (κ2) is 6.02. The average molecular weight is 287 g/mol. The largest absolute Gasteiger partial charge is 0.334 e. The molecular weight excluding hydrogens is 262 g/mol. The van der Waals surface area contributed by atoms with E-state index in [0.717, 1.165) is 25.3 Å². The van der Waals surface area contributed by atoms with Crippen LogP contribution in [-0.2, 0) is 19.6 Å². The smallest absolute Gasteiger partial charge is 0.122 e. The van der Waals surface area contributed by atoms with E-state index in [0.29, 0.717) is 6.04 Å². The van der Waals surface area contributed by atoms with E-state index in [-0.39, 0.29) is 0 Å². The van der Waals surface area contributed by atoms with Gasteiger partial charge in [-0.15, -0.1) is 0 Å². The Balaban J connectivity index is 1.69. The third kappa shape index (κ3) is 3.02. The van der Waals surface area contributed by atoms with Crippen molar-refractivity contribution < 1.29 is 0 Å². The number of nitrogens with zero attached hydrogens (tertiary/aromatic N) is 5. The maximum Gasteiger partial charge on any atom is 0.122 e. The molecule has 1 aliphatic heterocycles. The summed E-state index contributed by atoms with van der Waals surface area (Å²) in [5.41, 5.74) is 2.37. The second-order valence-electron chi connectivity index (χ2n) is 6.01. The van der Waals surface area contributed by atoms with Gasteiger partial charge in [0.2, 0.25) is 0 Å². The topological polar surface area (TPSA) is 38.9 Å². The minimum atomic E-state index is 0.574. The highest BCUT2D eigenvalue weighted by atomic mass is 15.3. The Kier molecular flexibility index (Phi) is 4.10. The Morgan fingerprint density at radius 1 is 1.33 bits per heavy atom. The number of likely N-dealkylation sites (tertiary alicyclic amines) is 1. The summed E-state index contributed by atoms with van der Waals surface area (Å²) in [7, 11) is 0. The van der Waals surface area contributed by atoms with Crippen molar-refractivity contribution in [1.82, 2.24) is 24.2 Å². The van der Waals surface area contributed by atoms with Gasteiger partial charge in [-0.2, -0.15) is 5.10 Å². The molecular formula is C16H25N5. The van der Waals surface area contributed by atoms with Crippen LogP contribution in [0, 0.1) is 13.8 Å². The van der Waals surface area contributed by atoms with Crippen LogP contribution in [-0.4, -0.2) is 36.8 Å². The Morgan fingerprint density at radius 2 is 2.19 bits per heavy atom. The van der Waals surface area contributed by atoms with Crippen molar-refractivity contribution in [2.45, 2.75) is 59.3 Å². The first-order chi connectivity index (χ1) is 10.2. The summed E-state index contributed by atoms with van der Waals surface area (Å²) in [5, 5.41) is 4.61. The van der Waals surface area contributed by atoms with E-state index < -0.39 is 0 Å². The van der Waals surface area contributed by atoms with Crippen LogP contribution < -0.4 is 0 Å². The van der Waals surface area contributed by atoms with Gasteiger partial charge in [-0.05, 0) is 46.2 Å². The van der Waals surface area contributed by atoms with E-state index in [1.807, 2.05) is 6.20 Å². The molecule has 1 saturated heterocycles. The summed E-state index contributed by atoms with van der Waals surface area (Å²) >= 11 is 0. The van der Waals surface area contributed by atoms with Crippen LogP contribution in [0.4, 0.5) is 0 Å². The molecule has 3 heterocycles. The Bertz CT molecular complexity index is 598. The number of aromatic nitrogens is 4. The van der Waals surface area contributed by atoms with Gasteiger partial charge >= 0.3 is 0 Å². The van der Waals surface area contributed by atoms with Crippen molar-refractivity contribution in [1.29, 1.82) is 0 Å². The fraction of sp³-hybridized carbons (Fsp3) is 0.625. The zero-order valence-corrected chi connectivity index (χ0v) is 13.3. The van der Waals surface area contributed by atoms with Crippen LogP contribution >= 0.6 is 0 Å². The zero-order chi connectivity index (χ0) is 14.8. The van der Waals surface area contributed by atoms with Gasteiger partial charge in [-0.25, -0.2) is 4.98 Å². The maximum atomic E-state index is 4.61. The summed E-state index contributed by atoms with van der Waals surface area (Å²) in [6.07, 6.45) is 6.51. The SMILES string of the molecule is CCn1ccnc1CN1CCCC1Cn1nc(C)cc1C. The van der Waals surface area contributed by atoms with Gasteiger partial charge < -0.3 is 4.57 Å². The Labute approximate surface area is 126 Å². The molecule has 21 heavy (non-hydrogen) atoms. The van der Waals surface area contributed by atoms with Crippen LogP contribution in [0.15, 0.2) is 18.5 Å². The number of rotatable bonds is 5. The summed E-state index contributed by atoms with van der Waals surface area (Å²) in [6.45, 7) is 10.5. The van der Waals surface area contributed by atoms with Crippen molar-refractivity contribution in [2.75, 3.05) is 6.54 Å². The first kappa shape index (κ1) is 14.3. The minimum Gasteiger partial charge on any atom is -0.334 e. The van der Waals surface area contributed by atoms with E-state index in [2.05, 4.69) is 57.3 Å². The maximum absolute atomic E-state index is 4.61. The zero-order valence-electron chi connectivity index (χ0n) is 13.3. The van der Waals surface area contributed by atoms with Crippen LogP contribution in [0.2, 0.25) is 0 Å². The van der Waals surface area contributed by atoms with Crippen molar-refractivity contribution in [3.8, 4) is 0 Å². The lowest BCUT2D eigenvalue weighted by Crippen LogP contribution is -2.34. The van der Waals surface area contributed by atoms with Gasteiger partial charge in [0.25, 0.3) is 0 Å². The molecule has 3 rings (SSSR count). The summed E-state index contributed by atoms with van der Waals surface area (Å²) in [6, 6.07) is 2.73. The van der Waals surface area contributed by atoms with Gasteiger partial charge in [0.15, 0.2) is 0 Å². The van der Waals surface area contributed by atoms with Gasteiger partial charge in [-0.3, -0.25) is 9.58 Å². The molecule has 0 saturated carbocycles. The number of imidazole rings is 1. The van der Waals surface area contributed by atoms with Gasteiger partial charge in [-0.1, -0.05) is 0 Å². The highest BCUT2D eigenvalue weighted by Crippen LogP contribution is 2.21. The predicted octanol–water partition coefficient (Wildman–Crippen LogP) is 2.38. The third-order valence-electron chi connectivity index (χ3n) is 4.47. The third-order valence-corrected chi connectivity index (χ3v) is 4.47. The van der Waals surface area contributed by atoms with E-state index in [1.54, 1.807) is 0 Å². The van der Waals surface area contributed by atoms with Crippen LogP contribution in [0.1, 0.15) is 37.0 Å². The normalized spacial score (nSPS) is 19.5. The first-order valence-corrected chi connectivity index (χ1v) is 7.92. The lowest BCUT2D eigenvalue weighted by Gasteiger charge is -2.24. The molecule has 1 unspecified atom stereocenters. The molecule has 0 aromatic carbocycles. The number of aryl methyl sites for hydroxylation is 3. The Hall–Kier alpha value is -1.62. The fourth-order valence-corrected chi connectivity index (χ4v) is 3.33. The molecule has 0 spiro atoms. The summed E-state index contributed by atoms with van der Waals surface area (Å²) in [4.78, 5) is 7.07. The van der Waals surface area contributed by atoms with E-state index >= 15 is 0 Å². The van der Waals surface area contributed by atoms with Crippen molar-refractivity contribution in [3.63, 3.8) is 0 Å². The lowest BCUT2D eigenvalue weighted by molar-refractivity contribution is 0.210. The number of hydrogen-bond donors (Lipinski definition) is 0. The molecule has 2 aromatic rings. The Morgan fingerprint density at radius 3 is 2.90 bits per heavy atom. The first-order valence-electron chi connectivity index (χ1n) is 7.92.